The summed E-state index contributed by atoms with van der Waals surface area (Å²) in [7, 11) is 0. The third-order valence-electron chi connectivity index (χ3n) is 7.16. The summed E-state index contributed by atoms with van der Waals surface area (Å²) >= 11 is 0. The average molecular weight is 531 g/mol. The quantitative estimate of drug-likeness (QED) is 0.348. The van der Waals surface area contributed by atoms with Gasteiger partial charge in [-0.2, -0.15) is 0 Å². The fourth-order valence-electron chi connectivity index (χ4n) is 4.89. The van der Waals surface area contributed by atoms with E-state index in [-0.39, 0.29) is 36.6 Å². The summed E-state index contributed by atoms with van der Waals surface area (Å²) in [6.45, 7) is 3.94. The Kier molecular flexibility index (Phi) is 9.41. The van der Waals surface area contributed by atoms with Crippen LogP contribution < -0.4 is 15.5 Å². The minimum Gasteiger partial charge on any atom is -0.351 e. The molecule has 1 fully saturated rings. The Hall–Kier alpha value is -4.07. The van der Waals surface area contributed by atoms with Gasteiger partial charge in [0.05, 0.1) is 0 Å². The lowest BCUT2D eigenvalue weighted by Crippen LogP contribution is -2.46. The number of hydrogen-bond acceptors (Lipinski definition) is 4. The zero-order chi connectivity index (χ0) is 27.8. The fourth-order valence-corrected chi connectivity index (χ4v) is 4.89. The molecule has 3 amide bonds. The number of hydrogen-bond donors (Lipinski definition) is 2. The van der Waals surface area contributed by atoms with E-state index in [9.17, 15) is 18.8 Å². The molecule has 1 aromatic heterocycles. The second-order valence-electron chi connectivity index (χ2n) is 10.1. The SMILES string of the molecule is Cc1ccc(N(C(=O)CCCC(=O)Nc2ccccn2)[C@@H](C(=O)NC2CCCC2)c2ccc(F)cc2)cc1C. The first-order valence-electron chi connectivity index (χ1n) is 13.5. The highest BCUT2D eigenvalue weighted by atomic mass is 19.1. The van der Waals surface area contributed by atoms with Crippen LogP contribution in [0, 0.1) is 19.7 Å². The molecule has 1 aliphatic rings. The number of pyridine rings is 1. The van der Waals surface area contributed by atoms with Crippen molar-refractivity contribution in [3.05, 3.63) is 89.4 Å². The summed E-state index contributed by atoms with van der Waals surface area (Å²) in [5.74, 6) is -0.803. The molecule has 1 heterocycles. The van der Waals surface area contributed by atoms with Crippen LogP contribution in [0.2, 0.25) is 0 Å². The fraction of sp³-hybridized carbons (Fsp3) is 0.355. The number of nitrogens with one attached hydrogen (secondary N) is 2. The van der Waals surface area contributed by atoms with E-state index in [1.165, 1.54) is 17.0 Å². The molecule has 4 rings (SSSR count). The van der Waals surface area contributed by atoms with Gasteiger partial charge < -0.3 is 10.6 Å². The summed E-state index contributed by atoms with van der Waals surface area (Å²) in [6, 6.07) is 15.6. The van der Waals surface area contributed by atoms with Crippen molar-refractivity contribution in [1.29, 1.82) is 0 Å². The van der Waals surface area contributed by atoms with Gasteiger partial charge >= 0.3 is 0 Å². The molecule has 0 bridgehead atoms. The number of anilines is 2. The Morgan fingerprint density at radius 3 is 2.38 bits per heavy atom. The minimum atomic E-state index is -0.983. The van der Waals surface area contributed by atoms with Gasteiger partial charge in [-0.25, -0.2) is 9.37 Å². The molecule has 2 N–H and O–H groups in total. The standard InChI is InChI=1S/C31H35FN4O3/c1-21-13-18-26(20-22(21)2)36(29(38)12-7-11-28(37)35-27-10-5-6-19-33-27)30(23-14-16-24(32)17-15-23)31(39)34-25-8-3-4-9-25/h5-6,10,13-20,25,30H,3-4,7-9,11-12H2,1-2H3,(H,34,39)(H,33,35,37)/t30-/m1/s1. The van der Waals surface area contributed by atoms with Crippen LogP contribution in [0.1, 0.15) is 67.7 Å². The third kappa shape index (κ3) is 7.50. The van der Waals surface area contributed by atoms with Crippen LogP contribution in [0.5, 0.6) is 0 Å². The first-order valence-corrected chi connectivity index (χ1v) is 13.5. The molecule has 204 valence electrons. The summed E-state index contributed by atoms with van der Waals surface area (Å²) in [4.78, 5) is 45.6. The van der Waals surface area contributed by atoms with Crippen molar-refractivity contribution >= 4 is 29.2 Å². The Labute approximate surface area is 228 Å². The van der Waals surface area contributed by atoms with Crippen LogP contribution in [0.3, 0.4) is 0 Å². The Balaban J connectivity index is 1.59. The van der Waals surface area contributed by atoms with Gasteiger partial charge in [-0.1, -0.05) is 37.1 Å². The molecule has 39 heavy (non-hydrogen) atoms. The Morgan fingerprint density at radius 1 is 0.974 bits per heavy atom. The van der Waals surface area contributed by atoms with Crippen molar-refractivity contribution in [1.82, 2.24) is 10.3 Å². The number of aryl methyl sites for hydroxylation is 2. The van der Waals surface area contributed by atoms with Gasteiger partial charge in [0.2, 0.25) is 17.7 Å². The Bertz CT molecular complexity index is 1290. The largest absolute Gasteiger partial charge is 0.351 e. The van der Waals surface area contributed by atoms with Crippen LogP contribution in [-0.2, 0) is 14.4 Å². The number of carbonyl (C=O) groups excluding carboxylic acids is 3. The number of amides is 3. The lowest BCUT2D eigenvalue weighted by Gasteiger charge is -2.33. The van der Waals surface area contributed by atoms with Crippen molar-refractivity contribution in [3.63, 3.8) is 0 Å². The minimum absolute atomic E-state index is 0.0486. The molecule has 0 unspecified atom stereocenters. The molecule has 7 nitrogen and oxygen atoms in total. The summed E-state index contributed by atoms with van der Waals surface area (Å²) < 4.78 is 13.8. The molecule has 1 saturated carbocycles. The van der Waals surface area contributed by atoms with Gasteiger partial charge in [0.15, 0.2) is 0 Å². The van der Waals surface area contributed by atoms with Gasteiger partial charge in [0, 0.05) is 30.8 Å². The molecule has 2 aromatic carbocycles. The maximum absolute atomic E-state index is 13.8. The highest BCUT2D eigenvalue weighted by Gasteiger charge is 2.34. The second-order valence-corrected chi connectivity index (χ2v) is 10.1. The molecule has 0 aliphatic heterocycles. The van der Waals surface area contributed by atoms with E-state index in [4.69, 9.17) is 0 Å². The number of halogens is 1. The van der Waals surface area contributed by atoms with Gasteiger partial charge in [-0.05, 0) is 86.2 Å². The maximum Gasteiger partial charge on any atom is 0.248 e. The lowest BCUT2D eigenvalue weighted by molar-refractivity contribution is -0.127. The lowest BCUT2D eigenvalue weighted by atomic mass is 10.00. The number of aromatic nitrogens is 1. The predicted molar refractivity (Wildman–Crippen MR) is 150 cm³/mol. The van der Waals surface area contributed by atoms with E-state index in [0.717, 1.165) is 36.8 Å². The molecule has 8 heteroatoms. The molecule has 0 saturated heterocycles. The van der Waals surface area contributed by atoms with E-state index in [1.54, 1.807) is 36.5 Å². The van der Waals surface area contributed by atoms with Crippen molar-refractivity contribution in [3.8, 4) is 0 Å². The molecule has 0 radical (unpaired) electrons. The summed E-state index contributed by atoms with van der Waals surface area (Å²) in [5.41, 5.74) is 3.14. The smallest absolute Gasteiger partial charge is 0.248 e. The monoisotopic (exact) mass is 530 g/mol. The first-order chi connectivity index (χ1) is 18.8. The van der Waals surface area contributed by atoms with Crippen LogP contribution in [0.25, 0.3) is 0 Å². The number of rotatable bonds is 10. The maximum atomic E-state index is 13.8. The molecule has 3 aromatic rings. The normalized spacial score (nSPS) is 14.0. The van der Waals surface area contributed by atoms with Crippen LogP contribution in [0.15, 0.2) is 66.9 Å². The summed E-state index contributed by atoms with van der Waals surface area (Å²) in [6.07, 6.45) is 5.94. The first kappa shape index (κ1) is 28.0. The zero-order valence-electron chi connectivity index (χ0n) is 22.5. The molecular weight excluding hydrogens is 495 g/mol. The van der Waals surface area contributed by atoms with Crippen molar-refractivity contribution in [2.45, 2.75) is 70.9 Å². The van der Waals surface area contributed by atoms with E-state index >= 15 is 0 Å². The van der Waals surface area contributed by atoms with Crippen LogP contribution in [-0.4, -0.2) is 28.7 Å². The molecular formula is C31H35FN4O3. The Morgan fingerprint density at radius 2 is 1.72 bits per heavy atom. The topological polar surface area (TPSA) is 91.4 Å². The zero-order valence-corrected chi connectivity index (χ0v) is 22.5. The van der Waals surface area contributed by atoms with E-state index in [0.29, 0.717) is 23.5 Å². The number of nitrogens with zero attached hydrogens (tertiary/aromatic N) is 2. The molecule has 1 atom stereocenters. The number of benzene rings is 2. The summed E-state index contributed by atoms with van der Waals surface area (Å²) in [5, 5.41) is 5.86. The van der Waals surface area contributed by atoms with Gasteiger partial charge in [0.25, 0.3) is 0 Å². The van der Waals surface area contributed by atoms with E-state index < -0.39 is 11.9 Å². The van der Waals surface area contributed by atoms with E-state index in [2.05, 4.69) is 15.6 Å². The molecule has 0 spiro atoms. The predicted octanol–water partition coefficient (Wildman–Crippen LogP) is 5.78. The van der Waals surface area contributed by atoms with E-state index in [1.807, 2.05) is 32.0 Å². The highest BCUT2D eigenvalue weighted by molar-refractivity contribution is 6.01. The van der Waals surface area contributed by atoms with Crippen LogP contribution >= 0.6 is 0 Å². The average Bonchev–Trinajstić information content (AvgIpc) is 3.43. The third-order valence-corrected chi connectivity index (χ3v) is 7.16. The highest BCUT2D eigenvalue weighted by Crippen LogP contribution is 2.31. The van der Waals surface area contributed by atoms with Crippen LogP contribution in [0.4, 0.5) is 15.9 Å². The van der Waals surface area contributed by atoms with Gasteiger partial charge in [-0.15, -0.1) is 0 Å². The van der Waals surface area contributed by atoms with Crippen molar-refractivity contribution < 1.29 is 18.8 Å². The van der Waals surface area contributed by atoms with Crippen molar-refractivity contribution in [2.24, 2.45) is 0 Å². The molecule has 1 aliphatic carbocycles. The van der Waals surface area contributed by atoms with Gasteiger partial charge in [-0.3, -0.25) is 19.3 Å². The van der Waals surface area contributed by atoms with Gasteiger partial charge in [0.1, 0.15) is 17.7 Å². The van der Waals surface area contributed by atoms with Crippen molar-refractivity contribution in [2.75, 3.05) is 10.2 Å². The second kappa shape index (κ2) is 13.1. The number of carbonyl (C=O) groups is 3.